The summed E-state index contributed by atoms with van der Waals surface area (Å²) in [4.78, 5) is 0. The highest BCUT2D eigenvalue weighted by Crippen LogP contribution is 2.43. The highest BCUT2D eigenvalue weighted by molar-refractivity contribution is 5.41. The van der Waals surface area contributed by atoms with Gasteiger partial charge in [-0.2, -0.15) is 13.2 Å². The fourth-order valence-corrected chi connectivity index (χ4v) is 4.04. The zero-order valence-corrected chi connectivity index (χ0v) is 16.4. The van der Waals surface area contributed by atoms with Crippen LogP contribution in [0.4, 0.5) is 13.2 Å². The Morgan fingerprint density at radius 2 is 1.71 bits per heavy atom. The van der Waals surface area contributed by atoms with Gasteiger partial charge in [0.2, 0.25) is 12.0 Å². The van der Waals surface area contributed by atoms with Crippen molar-refractivity contribution in [2.75, 3.05) is 19.8 Å². The van der Waals surface area contributed by atoms with E-state index in [9.17, 15) is 13.2 Å². The van der Waals surface area contributed by atoms with Crippen molar-refractivity contribution in [3.63, 3.8) is 0 Å². The number of benzene rings is 2. The number of alkyl halides is 3. The molecule has 0 bridgehead atoms. The first-order chi connectivity index (χ1) is 15.0. The van der Waals surface area contributed by atoms with Gasteiger partial charge in [-0.15, -0.1) is 10.2 Å². The molecule has 0 spiro atoms. The number of ether oxygens (including phenoxy) is 3. The fourth-order valence-electron chi connectivity index (χ4n) is 4.04. The largest absolute Gasteiger partial charge is 0.485 e. The summed E-state index contributed by atoms with van der Waals surface area (Å²) >= 11 is 0. The maximum absolute atomic E-state index is 13.3. The van der Waals surface area contributed by atoms with E-state index in [1.54, 1.807) is 18.2 Å². The van der Waals surface area contributed by atoms with Crippen LogP contribution in [0.25, 0.3) is 0 Å². The Morgan fingerprint density at radius 3 is 2.48 bits per heavy atom. The van der Waals surface area contributed by atoms with Crippen molar-refractivity contribution in [2.45, 2.75) is 30.5 Å². The zero-order chi connectivity index (χ0) is 21.5. The minimum atomic E-state index is -4.44. The summed E-state index contributed by atoms with van der Waals surface area (Å²) in [5.74, 6) is 1.68. The number of aromatic nitrogens is 2. The second kappa shape index (κ2) is 7.56. The van der Waals surface area contributed by atoms with Gasteiger partial charge in [0.15, 0.2) is 11.5 Å². The third kappa shape index (κ3) is 3.63. The molecule has 5 rings (SSSR count). The van der Waals surface area contributed by atoms with Crippen molar-refractivity contribution < 1.29 is 31.8 Å². The molecular formula is C22H19F3N2O4. The van der Waals surface area contributed by atoms with Crippen molar-refractivity contribution in [1.82, 2.24) is 10.2 Å². The van der Waals surface area contributed by atoms with Crippen molar-refractivity contribution in [3.8, 4) is 11.5 Å². The van der Waals surface area contributed by atoms with Gasteiger partial charge in [0, 0.05) is 13.2 Å². The first-order valence-corrected chi connectivity index (χ1v) is 9.94. The molecule has 3 heterocycles. The molecule has 2 aliphatic heterocycles. The van der Waals surface area contributed by atoms with E-state index in [0.717, 1.165) is 12.1 Å². The standard InChI is InChI=1S/C22H19F3N2O4/c23-22(24,25)15-5-3-4-14(12-15)21(8-10-28-11-9-21)20-27-26-19(31-20)18-13-29-16-6-1-2-7-17(16)30-18/h1-7,12,18H,8-11,13H2/t18-/m0/s1. The van der Waals surface area contributed by atoms with Gasteiger partial charge >= 0.3 is 6.18 Å². The molecule has 162 valence electrons. The third-order valence-corrected chi connectivity index (χ3v) is 5.72. The number of rotatable bonds is 3. The van der Waals surface area contributed by atoms with Gasteiger partial charge in [0.25, 0.3) is 5.89 Å². The van der Waals surface area contributed by atoms with E-state index < -0.39 is 23.3 Å². The lowest BCUT2D eigenvalue weighted by molar-refractivity contribution is -0.137. The normalized spacial score (nSPS) is 20.4. The molecule has 2 aromatic carbocycles. The van der Waals surface area contributed by atoms with Crippen molar-refractivity contribution in [1.29, 1.82) is 0 Å². The van der Waals surface area contributed by atoms with E-state index in [0.29, 0.717) is 43.1 Å². The predicted molar refractivity (Wildman–Crippen MR) is 102 cm³/mol. The van der Waals surface area contributed by atoms with E-state index in [-0.39, 0.29) is 18.4 Å². The molecule has 2 aliphatic rings. The Kier molecular flexibility index (Phi) is 4.85. The van der Waals surface area contributed by atoms with Gasteiger partial charge in [-0.1, -0.05) is 30.3 Å². The Morgan fingerprint density at radius 1 is 0.935 bits per heavy atom. The smallest absolute Gasteiger partial charge is 0.416 e. The van der Waals surface area contributed by atoms with Crippen LogP contribution >= 0.6 is 0 Å². The summed E-state index contributed by atoms with van der Waals surface area (Å²) < 4.78 is 63.1. The molecule has 1 aromatic heterocycles. The molecule has 6 nitrogen and oxygen atoms in total. The van der Waals surface area contributed by atoms with E-state index >= 15 is 0 Å². The Balaban J connectivity index is 1.49. The number of nitrogens with zero attached hydrogens (tertiary/aromatic N) is 2. The molecule has 0 amide bonds. The molecule has 0 unspecified atom stereocenters. The minimum absolute atomic E-state index is 0.193. The number of halogens is 3. The number of para-hydroxylation sites is 2. The van der Waals surface area contributed by atoms with E-state index in [4.69, 9.17) is 18.6 Å². The van der Waals surface area contributed by atoms with Crippen molar-refractivity contribution in [3.05, 3.63) is 71.4 Å². The van der Waals surface area contributed by atoms with Crippen LogP contribution in [0, 0.1) is 0 Å². The highest BCUT2D eigenvalue weighted by Gasteiger charge is 2.43. The lowest BCUT2D eigenvalue weighted by Crippen LogP contribution is -2.35. The van der Waals surface area contributed by atoms with Crippen LogP contribution in [0.5, 0.6) is 11.5 Å². The van der Waals surface area contributed by atoms with Gasteiger partial charge in [-0.05, 0) is 36.6 Å². The van der Waals surface area contributed by atoms with Crippen LogP contribution in [0.3, 0.4) is 0 Å². The van der Waals surface area contributed by atoms with Crippen LogP contribution < -0.4 is 9.47 Å². The van der Waals surface area contributed by atoms with Crippen LogP contribution in [-0.4, -0.2) is 30.0 Å². The summed E-state index contributed by atoms with van der Waals surface area (Å²) in [5, 5.41) is 8.37. The predicted octanol–water partition coefficient (Wildman–Crippen LogP) is 4.70. The van der Waals surface area contributed by atoms with Gasteiger partial charge in [-0.25, -0.2) is 0 Å². The van der Waals surface area contributed by atoms with Crippen LogP contribution in [0.2, 0.25) is 0 Å². The van der Waals surface area contributed by atoms with Crippen LogP contribution in [-0.2, 0) is 16.3 Å². The van der Waals surface area contributed by atoms with Crippen LogP contribution in [0.1, 0.15) is 41.9 Å². The molecule has 31 heavy (non-hydrogen) atoms. The lowest BCUT2D eigenvalue weighted by atomic mass is 9.73. The molecule has 1 saturated heterocycles. The SMILES string of the molecule is FC(F)(F)c1cccc(C2(c3nnc([C@@H]4COc5ccccc5O4)o3)CCOCC2)c1. The van der Waals surface area contributed by atoms with Gasteiger partial charge in [-0.3, -0.25) is 0 Å². The van der Waals surface area contributed by atoms with E-state index in [2.05, 4.69) is 10.2 Å². The van der Waals surface area contributed by atoms with Crippen LogP contribution in [0.15, 0.2) is 52.9 Å². The van der Waals surface area contributed by atoms with Gasteiger partial charge in [0.1, 0.15) is 6.61 Å². The topological polar surface area (TPSA) is 66.6 Å². The molecule has 0 saturated carbocycles. The fraction of sp³-hybridized carbons (Fsp3) is 0.364. The second-order valence-corrected chi connectivity index (χ2v) is 7.58. The Labute approximate surface area is 175 Å². The minimum Gasteiger partial charge on any atom is -0.485 e. The summed E-state index contributed by atoms with van der Waals surface area (Å²) in [6.45, 7) is 0.951. The Bertz CT molecular complexity index is 1080. The van der Waals surface area contributed by atoms with E-state index in [1.165, 1.54) is 6.07 Å². The maximum atomic E-state index is 13.3. The number of fused-ring (bicyclic) bond motifs is 1. The van der Waals surface area contributed by atoms with Gasteiger partial charge in [0.05, 0.1) is 11.0 Å². The summed E-state index contributed by atoms with van der Waals surface area (Å²) in [6.07, 6.45) is -4.18. The molecule has 1 atom stereocenters. The zero-order valence-electron chi connectivity index (χ0n) is 16.4. The van der Waals surface area contributed by atoms with Gasteiger partial charge < -0.3 is 18.6 Å². The number of hydrogen-bond donors (Lipinski definition) is 0. The molecule has 0 N–H and O–H groups in total. The van der Waals surface area contributed by atoms with Crippen molar-refractivity contribution in [2.24, 2.45) is 0 Å². The third-order valence-electron chi connectivity index (χ3n) is 5.72. The lowest BCUT2D eigenvalue weighted by Gasteiger charge is -2.34. The monoisotopic (exact) mass is 432 g/mol. The molecule has 3 aromatic rings. The molecule has 1 fully saturated rings. The quantitative estimate of drug-likeness (QED) is 0.598. The highest BCUT2D eigenvalue weighted by atomic mass is 19.4. The van der Waals surface area contributed by atoms with Crippen molar-refractivity contribution >= 4 is 0 Å². The summed E-state index contributed by atoms with van der Waals surface area (Å²) in [7, 11) is 0. The molecule has 9 heteroatoms. The molecule has 0 radical (unpaired) electrons. The molecular weight excluding hydrogens is 413 g/mol. The number of hydrogen-bond acceptors (Lipinski definition) is 6. The van der Waals surface area contributed by atoms with E-state index in [1.807, 2.05) is 12.1 Å². The first-order valence-electron chi connectivity index (χ1n) is 9.94. The summed E-state index contributed by atoms with van der Waals surface area (Å²) in [5.41, 5.74) is -1.10. The Hall–Kier alpha value is -3.07. The molecule has 0 aliphatic carbocycles. The maximum Gasteiger partial charge on any atom is 0.416 e. The second-order valence-electron chi connectivity index (χ2n) is 7.58. The average molecular weight is 432 g/mol. The first kappa shape index (κ1) is 19.9. The summed E-state index contributed by atoms with van der Waals surface area (Å²) in [6, 6.07) is 12.5. The average Bonchev–Trinajstić information content (AvgIpc) is 3.30.